The Hall–Kier alpha value is -3.27. The molecule has 2 amide bonds. The average molecular weight is 551 g/mol. The maximum Gasteiger partial charge on any atom is 0.256 e. The molecule has 1 saturated heterocycles. The molecule has 7 rings (SSSR count). The number of anilines is 1. The summed E-state index contributed by atoms with van der Waals surface area (Å²) in [7, 11) is -1.84. The van der Waals surface area contributed by atoms with E-state index in [4.69, 9.17) is 4.99 Å². The number of benzene rings is 2. The van der Waals surface area contributed by atoms with Crippen LogP contribution in [-0.4, -0.2) is 73.3 Å². The number of carbonyl (C=O) groups excluding carboxylic acids is 2. The molecule has 2 aromatic carbocycles. The number of nitrogens with zero attached hydrogens (tertiary/aromatic N) is 4. The second kappa shape index (κ2) is 8.61. The van der Waals surface area contributed by atoms with Crippen molar-refractivity contribution in [3.63, 3.8) is 0 Å². The molecule has 3 aliphatic carbocycles. The number of carbonyl (C=O) groups is 2. The fourth-order valence-corrected chi connectivity index (χ4v) is 7.27. The van der Waals surface area contributed by atoms with Crippen LogP contribution in [0.4, 0.5) is 10.1 Å². The molecule has 4 fully saturated rings. The van der Waals surface area contributed by atoms with E-state index in [1.807, 2.05) is 11.0 Å². The number of hydrogen-bond acceptors (Lipinski definition) is 5. The standard InChI is InChI=1S/C29H31FN4O4S/c1-32(39(37,38)23-8-9-23)22-4-2-3-20(13-22)21-7-10-24(25(30)14-21)26-31-29(11-12-29)28(36)34(26)17-18-15-33(16-18)27(35)19-5-6-19/h2-4,7,10,13-14,18-19,23H,5-6,8-9,11-12,15-17H2,1H3. The largest absolute Gasteiger partial charge is 0.342 e. The van der Waals surface area contributed by atoms with Crippen LogP contribution >= 0.6 is 0 Å². The zero-order chi connectivity index (χ0) is 27.1. The summed E-state index contributed by atoms with van der Waals surface area (Å²) in [5.41, 5.74) is 1.38. The fraction of sp³-hybridized carbons (Fsp3) is 0.483. The van der Waals surface area contributed by atoms with E-state index in [0.717, 1.165) is 12.8 Å². The molecule has 2 aliphatic heterocycles. The second-order valence-corrected chi connectivity index (χ2v) is 14.0. The van der Waals surface area contributed by atoms with Crippen LogP contribution < -0.4 is 4.31 Å². The molecule has 2 aromatic rings. The molecular formula is C29H31FN4O4S. The van der Waals surface area contributed by atoms with E-state index in [9.17, 15) is 18.0 Å². The molecule has 39 heavy (non-hydrogen) atoms. The van der Waals surface area contributed by atoms with Crippen LogP contribution in [0.15, 0.2) is 47.5 Å². The molecule has 8 nitrogen and oxygen atoms in total. The summed E-state index contributed by atoms with van der Waals surface area (Å²) >= 11 is 0. The van der Waals surface area contributed by atoms with Gasteiger partial charge in [-0.25, -0.2) is 12.8 Å². The lowest BCUT2D eigenvalue weighted by Gasteiger charge is -2.41. The third-order valence-electron chi connectivity index (χ3n) is 8.66. The van der Waals surface area contributed by atoms with Gasteiger partial charge in [0.1, 0.15) is 17.2 Å². The zero-order valence-electron chi connectivity index (χ0n) is 21.8. The van der Waals surface area contributed by atoms with Crippen molar-refractivity contribution >= 4 is 33.4 Å². The summed E-state index contributed by atoms with van der Waals surface area (Å²) in [6.07, 6.45) is 4.65. The van der Waals surface area contributed by atoms with Gasteiger partial charge < -0.3 is 4.90 Å². The van der Waals surface area contributed by atoms with Gasteiger partial charge in [-0.1, -0.05) is 18.2 Å². The van der Waals surface area contributed by atoms with Crippen molar-refractivity contribution in [2.24, 2.45) is 16.8 Å². The molecule has 0 N–H and O–H groups in total. The van der Waals surface area contributed by atoms with Crippen molar-refractivity contribution in [1.29, 1.82) is 0 Å². The monoisotopic (exact) mass is 550 g/mol. The molecule has 0 radical (unpaired) electrons. The normalized spacial score (nSPS) is 22.2. The molecule has 0 unspecified atom stereocenters. The molecule has 0 atom stereocenters. The summed E-state index contributed by atoms with van der Waals surface area (Å²) in [6, 6.07) is 11.9. The first kappa shape index (κ1) is 24.7. The van der Waals surface area contributed by atoms with Gasteiger partial charge in [0.2, 0.25) is 15.9 Å². The highest BCUT2D eigenvalue weighted by molar-refractivity contribution is 7.93. The predicted octanol–water partition coefficient (Wildman–Crippen LogP) is 3.41. The summed E-state index contributed by atoms with van der Waals surface area (Å²) in [5, 5.41) is -0.322. The Bertz CT molecular complexity index is 1520. The van der Waals surface area contributed by atoms with Crippen LogP contribution in [0, 0.1) is 17.7 Å². The number of amides is 2. The molecule has 0 bridgehead atoms. The van der Waals surface area contributed by atoms with Crippen LogP contribution in [0.2, 0.25) is 0 Å². The maximum atomic E-state index is 15.6. The smallest absolute Gasteiger partial charge is 0.256 e. The second-order valence-electron chi connectivity index (χ2n) is 11.7. The minimum absolute atomic E-state index is 0.0689. The van der Waals surface area contributed by atoms with Gasteiger partial charge >= 0.3 is 0 Å². The topological polar surface area (TPSA) is 90.4 Å². The molecular weight excluding hydrogens is 519 g/mol. The van der Waals surface area contributed by atoms with E-state index in [0.29, 0.717) is 68.0 Å². The Labute approximate surface area is 227 Å². The van der Waals surface area contributed by atoms with Gasteiger partial charge in [-0.05, 0) is 73.9 Å². The lowest BCUT2D eigenvalue weighted by atomic mass is 9.97. The number of hydrogen-bond donors (Lipinski definition) is 0. The minimum atomic E-state index is -3.39. The minimum Gasteiger partial charge on any atom is -0.342 e. The molecule has 5 aliphatic rings. The number of rotatable bonds is 8. The van der Waals surface area contributed by atoms with Crippen molar-refractivity contribution < 1.29 is 22.4 Å². The first-order valence-electron chi connectivity index (χ1n) is 13.7. The highest BCUT2D eigenvalue weighted by Gasteiger charge is 2.58. The number of sulfonamides is 1. The van der Waals surface area contributed by atoms with E-state index in [1.54, 1.807) is 42.3 Å². The van der Waals surface area contributed by atoms with Crippen LogP contribution in [-0.2, 0) is 19.6 Å². The van der Waals surface area contributed by atoms with Gasteiger partial charge in [-0.15, -0.1) is 0 Å². The third-order valence-corrected chi connectivity index (χ3v) is 10.9. The van der Waals surface area contributed by atoms with Crippen molar-refractivity contribution in [3.8, 4) is 11.1 Å². The van der Waals surface area contributed by atoms with Crippen LogP contribution in [0.5, 0.6) is 0 Å². The van der Waals surface area contributed by atoms with E-state index >= 15 is 4.39 Å². The van der Waals surface area contributed by atoms with E-state index < -0.39 is 21.4 Å². The van der Waals surface area contributed by atoms with Crippen molar-refractivity contribution in [1.82, 2.24) is 9.80 Å². The highest BCUT2D eigenvalue weighted by Crippen LogP contribution is 2.46. The van der Waals surface area contributed by atoms with Crippen LogP contribution in [0.1, 0.15) is 44.1 Å². The van der Waals surface area contributed by atoms with E-state index in [2.05, 4.69) is 0 Å². The Balaban J connectivity index is 1.12. The lowest BCUT2D eigenvalue weighted by Crippen LogP contribution is -2.55. The molecule has 10 heteroatoms. The van der Waals surface area contributed by atoms with E-state index in [-0.39, 0.29) is 34.5 Å². The van der Waals surface area contributed by atoms with Crippen LogP contribution in [0.3, 0.4) is 0 Å². The van der Waals surface area contributed by atoms with Crippen molar-refractivity contribution in [2.75, 3.05) is 31.0 Å². The first-order valence-corrected chi connectivity index (χ1v) is 15.3. The predicted molar refractivity (Wildman–Crippen MR) is 145 cm³/mol. The summed E-state index contributed by atoms with van der Waals surface area (Å²) in [4.78, 5) is 33.8. The van der Waals surface area contributed by atoms with E-state index in [1.165, 1.54) is 10.4 Å². The summed E-state index contributed by atoms with van der Waals surface area (Å²) in [6.45, 7) is 1.68. The van der Waals surface area contributed by atoms with Gasteiger partial charge in [-0.3, -0.25) is 23.8 Å². The lowest BCUT2D eigenvalue weighted by molar-refractivity contribution is -0.139. The van der Waals surface area contributed by atoms with Gasteiger partial charge in [0.25, 0.3) is 5.91 Å². The quantitative estimate of drug-likeness (QED) is 0.504. The van der Waals surface area contributed by atoms with Crippen molar-refractivity contribution in [3.05, 3.63) is 53.8 Å². The summed E-state index contributed by atoms with van der Waals surface area (Å²) < 4.78 is 42.3. The van der Waals surface area contributed by atoms with Gasteiger partial charge in [0.15, 0.2) is 0 Å². The van der Waals surface area contributed by atoms with Gasteiger partial charge in [0, 0.05) is 38.5 Å². The van der Waals surface area contributed by atoms with Crippen LogP contribution in [0.25, 0.3) is 11.1 Å². The third kappa shape index (κ3) is 4.23. The van der Waals surface area contributed by atoms with Crippen molar-refractivity contribution in [2.45, 2.75) is 49.3 Å². The Morgan fingerprint density at radius 1 is 1.08 bits per heavy atom. The molecule has 1 spiro atoms. The Kier molecular flexibility index (Phi) is 5.47. The first-order chi connectivity index (χ1) is 18.7. The molecule has 204 valence electrons. The average Bonchev–Trinajstić information content (AvgIpc) is 3.75. The van der Waals surface area contributed by atoms with Gasteiger partial charge in [-0.2, -0.15) is 0 Å². The number of amidine groups is 1. The summed E-state index contributed by atoms with van der Waals surface area (Å²) in [5.74, 6) is 0.379. The Morgan fingerprint density at radius 3 is 2.44 bits per heavy atom. The maximum absolute atomic E-state index is 15.6. The number of aliphatic imine (C=N–C) groups is 1. The fourth-order valence-electron chi connectivity index (χ4n) is 5.68. The molecule has 3 saturated carbocycles. The number of halogens is 1. The number of likely N-dealkylation sites (tertiary alicyclic amines) is 1. The zero-order valence-corrected chi connectivity index (χ0v) is 22.7. The molecule has 0 aromatic heterocycles. The highest BCUT2D eigenvalue weighted by atomic mass is 32.2. The SMILES string of the molecule is CN(c1cccc(-c2ccc(C3=NC4(CC4)C(=O)N3CC3CN(C(=O)C4CC4)C3)c(F)c2)c1)S(=O)(=O)C1CC1. The van der Waals surface area contributed by atoms with Gasteiger partial charge in [0.05, 0.1) is 16.5 Å². The Morgan fingerprint density at radius 2 is 1.79 bits per heavy atom. The molecule has 2 heterocycles.